The van der Waals surface area contributed by atoms with E-state index in [2.05, 4.69) is 44.4 Å². The SMILES string of the molecule is CB(C)N(C)CCC1(C)CN(C)C1. The van der Waals surface area contributed by atoms with Crippen molar-refractivity contribution in [1.82, 2.24) is 9.71 Å². The van der Waals surface area contributed by atoms with Gasteiger partial charge in [-0.2, -0.15) is 0 Å². The van der Waals surface area contributed by atoms with Crippen molar-refractivity contribution in [2.24, 2.45) is 5.41 Å². The lowest BCUT2D eigenvalue weighted by molar-refractivity contribution is 0.0286. The first-order valence-electron chi connectivity index (χ1n) is 5.32. The molecule has 76 valence electrons. The van der Waals surface area contributed by atoms with E-state index in [1.54, 1.807) is 0 Å². The molecule has 1 heterocycles. The fourth-order valence-corrected chi connectivity index (χ4v) is 2.12. The summed E-state index contributed by atoms with van der Waals surface area (Å²) in [4.78, 5) is 4.83. The number of likely N-dealkylation sites (tertiary alicyclic amines) is 1. The van der Waals surface area contributed by atoms with Crippen LogP contribution in [0, 0.1) is 5.41 Å². The van der Waals surface area contributed by atoms with Crippen LogP contribution in [0.3, 0.4) is 0 Å². The molecule has 3 heteroatoms. The van der Waals surface area contributed by atoms with Crippen LogP contribution < -0.4 is 0 Å². The van der Waals surface area contributed by atoms with E-state index in [1.165, 1.54) is 26.1 Å². The molecule has 2 nitrogen and oxygen atoms in total. The van der Waals surface area contributed by atoms with Crippen LogP contribution in [-0.4, -0.2) is 50.3 Å². The molecule has 0 atom stereocenters. The third kappa shape index (κ3) is 2.99. The minimum absolute atomic E-state index is 0.595. The molecule has 0 bridgehead atoms. The predicted octanol–water partition coefficient (Wildman–Crippen LogP) is 1.51. The molecular formula is C10H23BN2. The summed E-state index contributed by atoms with van der Waals surface area (Å²) in [7, 11) is 4.42. The Kier molecular flexibility index (Phi) is 3.41. The van der Waals surface area contributed by atoms with Gasteiger partial charge >= 0.3 is 0 Å². The third-order valence-electron chi connectivity index (χ3n) is 3.25. The molecule has 0 amide bonds. The van der Waals surface area contributed by atoms with Gasteiger partial charge in [-0.05, 0) is 32.5 Å². The highest BCUT2D eigenvalue weighted by Crippen LogP contribution is 2.31. The monoisotopic (exact) mass is 182 g/mol. The van der Waals surface area contributed by atoms with Crippen molar-refractivity contribution in [2.45, 2.75) is 27.0 Å². The van der Waals surface area contributed by atoms with Gasteiger partial charge < -0.3 is 9.71 Å². The molecule has 0 saturated carbocycles. The molecule has 1 aliphatic rings. The second kappa shape index (κ2) is 4.01. The highest BCUT2D eigenvalue weighted by atomic mass is 15.2. The van der Waals surface area contributed by atoms with E-state index in [0.29, 0.717) is 12.3 Å². The summed E-state index contributed by atoms with van der Waals surface area (Å²) in [5.74, 6) is 0. The molecule has 0 aromatic heterocycles. The first-order chi connectivity index (χ1) is 5.93. The molecule has 0 aliphatic carbocycles. The van der Waals surface area contributed by atoms with Gasteiger partial charge in [-0.15, -0.1) is 0 Å². The van der Waals surface area contributed by atoms with E-state index in [1.807, 2.05) is 0 Å². The van der Waals surface area contributed by atoms with Crippen LogP contribution in [-0.2, 0) is 0 Å². The Morgan fingerprint density at radius 1 is 1.38 bits per heavy atom. The van der Waals surface area contributed by atoms with Gasteiger partial charge in [0, 0.05) is 13.1 Å². The smallest absolute Gasteiger partial charge is 0.216 e. The Morgan fingerprint density at radius 3 is 2.31 bits per heavy atom. The van der Waals surface area contributed by atoms with Gasteiger partial charge in [0.25, 0.3) is 0 Å². The van der Waals surface area contributed by atoms with Gasteiger partial charge in [0.2, 0.25) is 6.85 Å². The van der Waals surface area contributed by atoms with Crippen LogP contribution >= 0.6 is 0 Å². The van der Waals surface area contributed by atoms with E-state index < -0.39 is 0 Å². The van der Waals surface area contributed by atoms with Gasteiger partial charge in [-0.1, -0.05) is 20.6 Å². The summed E-state index contributed by atoms with van der Waals surface area (Å²) >= 11 is 0. The van der Waals surface area contributed by atoms with Crippen LogP contribution in [0.15, 0.2) is 0 Å². The minimum atomic E-state index is 0.595. The van der Waals surface area contributed by atoms with E-state index in [4.69, 9.17) is 0 Å². The first-order valence-corrected chi connectivity index (χ1v) is 5.32. The van der Waals surface area contributed by atoms with E-state index >= 15 is 0 Å². The Labute approximate surface area is 83.4 Å². The molecule has 0 unspecified atom stereocenters. The second-order valence-electron chi connectivity index (χ2n) is 5.31. The molecule has 0 radical (unpaired) electrons. The second-order valence-corrected chi connectivity index (χ2v) is 5.31. The maximum atomic E-state index is 2.43. The van der Waals surface area contributed by atoms with Crippen molar-refractivity contribution in [3.05, 3.63) is 0 Å². The standard InChI is InChI=1S/C10H23BN2/c1-10(8-12(4)9-10)6-7-13(5)11(2)3/h6-9H2,1-5H3. The number of rotatable bonds is 4. The van der Waals surface area contributed by atoms with Crippen LogP contribution in [0.4, 0.5) is 0 Å². The summed E-state index contributed by atoms with van der Waals surface area (Å²) in [6.07, 6.45) is 1.34. The zero-order chi connectivity index (χ0) is 10.1. The Balaban J connectivity index is 2.19. The predicted molar refractivity (Wildman–Crippen MR) is 60.3 cm³/mol. The molecule has 0 aromatic carbocycles. The minimum Gasteiger partial charge on any atom is -0.345 e. The average molecular weight is 182 g/mol. The molecule has 0 aromatic rings. The highest BCUT2D eigenvalue weighted by molar-refractivity contribution is 6.52. The lowest BCUT2D eigenvalue weighted by Gasteiger charge is -2.47. The van der Waals surface area contributed by atoms with Crippen molar-refractivity contribution in [2.75, 3.05) is 33.7 Å². The number of hydrogen-bond acceptors (Lipinski definition) is 2. The molecule has 1 fully saturated rings. The summed E-state index contributed by atoms with van der Waals surface area (Å²) in [5.41, 5.74) is 0.595. The third-order valence-corrected chi connectivity index (χ3v) is 3.25. The maximum absolute atomic E-state index is 2.43. The Hall–Kier alpha value is -0.0151. The van der Waals surface area contributed by atoms with Crippen LogP contribution in [0.2, 0.25) is 13.6 Å². The number of hydrogen-bond donors (Lipinski definition) is 0. The Morgan fingerprint density at radius 2 is 1.92 bits per heavy atom. The molecule has 1 saturated heterocycles. The fourth-order valence-electron chi connectivity index (χ4n) is 2.12. The van der Waals surface area contributed by atoms with Crippen molar-refractivity contribution >= 4 is 6.85 Å². The van der Waals surface area contributed by atoms with Crippen molar-refractivity contribution < 1.29 is 0 Å². The summed E-state index contributed by atoms with van der Waals surface area (Å²) < 4.78 is 0. The topological polar surface area (TPSA) is 6.48 Å². The van der Waals surface area contributed by atoms with Crippen molar-refractivity contribution in [1.29, 1.82) is 0 Å². The van der Waals surface area contributed by atoms with Gasteiger partial charge in [0.05, 0.1) is 0 Å². The normalized spacial score (nSPS) is 21.7. The zero-order valence-electron chi connectivity index (χ0n) is 9.80. The molecule has 1 rings (SSSR count). The summed E-state index contributed by atoms with van der Waals surface area (Å²) in [5, 5.41) is 0. The maximum Gasteiger partial charge on any atom is 0.216 e. The molecule has 13 heavy (non-hydrogen) atoms. The van der Waals surface area contributed by atoms with Crippen LogP contribution in [0.25, 0.3) is 0 Å². The molecule has 0 spiro atoms. The van der Waals surface area contributed by atoms with Crippen molar-refractivity contribution in [3.63, 3.8) is 0 Å². The molecule has 0 N–H and O–H groups in total. The zero-order valence-corrected chi connectivity index (χ0v) is 9.80. The average Bonchev–Trinajstić information content (AvgIpc) is 1.97. The number of nitrogens with zero attached hydrogens (tertiary/aromatic N) is 2. The van der Waals surface area contributed by atoms with Crippen LogP contribution in [0.1, 0.15) is 13.3 Å². The summed E-state index contributed by atoms with van der Waals surface area (Å²) in [6, 6.07) is 0. The van der Waals surface area contributed by atoms with Gasteiger partial charge in [-0.3, -0.25) is 0 Å². The lowest BCUT2D eigenvalue weighted by Crippen LogP contribution is -2.53. The Bertz CT molecular complexity index is 164. The highest BCUT2D eigenvalue weighted by Gasteiger charge is 2.35. The van der Waals surface area contributed by atoms with E-state index in [-0.39, 0.29) is 0 Å². The van der Waals surface area contributed by atoms with Crippen molar-refractivity contribution in [3.8, 4) is 0 Å². The van der Waals surface area contributed by atoms with Gasteiger partial charge in [0.1, 0.15) is 0 Å². The van der Waals surface area contributed by atoms with Gasteiger partial charge in [0.15, 0.2) is 0 Å². The molecule has 1 aliphatic heterocycles. The summed E-state index contributed by atoms with van der Waals surface area (Å²) in [6.45, 7) is 11.4. The molecular weight excluding hydrogens is 159 g/mol. The van der Waals surface area contributed by atoms with E-state index in [9.17, 15) is 0 Å². The largest absolute Gasteiger partial charge is 0.345 e. The van der Waals surface area contributed by atoms with Gasteiger partial charge in [-0.25, -0.2) is 0 Å². The first kappa shape index (κ1) is 11.1. The van der Waals surface area contributed by atoms with Crippen LogP contribution in [0.5, 0.6) is 0 Å². The quantitative estimate of drug-likeness (QED) is 0.608. The fraction of sp³-hybridized carbons (Fsp3) is 1.00. The lowest BCUT2D eigenvalue weighted by atomic mass is 9.66. The van der Waals surface area contributed by atoms with E-state index in [0.717, 1.165) is 0 Å².